The van der Waals surface area contributed by atoms with E-state index in [1.807, 2.05) is 20.0 Å². The zero-order chi connectivity index (χ0) is 14.7. The van der Waals surface area contributed by atoms with Crippen molar-refractivity contribution in [2.75, 3.05) is 0 Å². The standard InChI is InChI=1S/C16H22ClN3/c1-4-13(12-8-6-5-7-9-12)15(18)10-14-11(2)19-20(3)16(14)17/h5-9,13,15H,4,10,18H2,1-3H3. The molecule has 0 saturated heterocycles. The highest BCUT2D eigenvalue weighted by atomic mass is 35.5. The Morgan fingerprint density at radius 1 is 1.30 bits per heavy atom. The third-order valence-electron chi connectivity index (χ3n) is 3.89. The molecule has 2 atom stereocenters. The highest BCUT2D eigenvalue weighted by Crippen LogP contribution is 2.27. The number of nitrogens with two attached hydrogens (primary N) is 1. The molecule has 2 aromatic rings. The Hall–Kier alpha value is -1.32. The largest absolute Gasteiger partial charge is 0.327 e. The predicted molar refractivity (Wildman–Crippen MR) is 84.1 cm³/mol. The molecule has 2 rings (SSSR count). The second kappa shape index (κ2) is 6.42. The Morgan fingerprint density at radius 3 is 2.45 bits per heavy atom. The zero-order valence-electron chi connectivity index (χ0n) is 12.3. The molecule has 2 unspecified atom stereocenters. The molecular formula is C16H22ClN3. The van der Waals surface area contributed by atoms with Crippen molar-refractivity contribution in [1.82, 2.24) is 9.78 Å². The van der Waals surface area contributed by atoms with Gasteiger partial charge in [0.05, 0.1) is 5.69 Å². The van der Waals surface area contributed by atoms with Crippen LogP contribution in [0.25, 0.3) is 0 Å². The Balaban J connectivity index is 2.20. The Morgan fingerprint density at radius 2 is 1.95 bits per heavy atom. The smallest absolute Gasteiger partial charge is 0.130 e. The lowest BCUT2D eigenvalue weighted by molar-refractivity contribution is 0.514. The molecule has 0 fully saturated rings. The van der Waals surface area contributed by atoms with Crippen molar-refractivity contribution < 1.29 is 0 Å². The Bertz CT molecular complexity index is 563. The van der Waals surface area contributed by atoms with E-state index in [1.54, 1.807) is 4.68 Å². The van der Waals surface area contributed by atoms with Gasteiger partial charge >= 0.3 is 0 Å². The number of aromatic nitrogens is 2. The van der Waals surface area contributed by atoms with Crippen molar-refractivity contribution in [3.63, 3.8) is 0 Å². The molecule has 1 aromatic carbocycles. The van der Waals surface area contributed by atoms with Crippen molar-refractivity contribution in [2.24, 2.45) is 12.8 Å². The maximum absolute atomic E-state index is 6.44. The molecule has 4 heteroatoms. The van der Waals surface area contributed by atoms with E-state index >= 15 is 0 Å². The van der Waals surface area contributed by atoms with Crippen LogP contribution in [0.3, 0.4) is 0 Å². The van der Waals surface area contributed by atoms with E-state index in [4.69, 9.17) is 17.3 Å². The molecule has 0 bridgehead atoms. The minimum atomic E-state index is 0.0443. The highest BCUT2D eigenvalue weighted by molar-refractivity contribution is 6.30. The zero-order valence-corrected chi connectivity index (χ0v) is 13.1. The Labute approximate surface area is 125 Å². The van der Waals surface area contributed by atoms with Crippen LogP contribution in [0, 0.1) is 6.92 Å². The molecule has 0 aliphatic rings. The summed E-state index contributed by atoms with van der Waals surface area (Å²) in [6.45, 7) is 4.16. The normalized spacial score (nSPS) is 14.2. The summed E-state index contributed by atoms with van der Waals surface area (Å²) in [6, 6.07) is 10.5. The topological polar surface area (TPSA) is 43.8 Å². The second-order valence-corrected chi connectivity index (χ2v) is 5.63. The molecule has 0 radical (unpaired) electrons. The quantitative estimate of drug-likeness (QED) is 0.917. The van der Waals surface area contributed by atoms with Crippen molar-refractivity contribution >= 4 is 11.6 Å². The van der Waals surface area contributed by atoms with Gasteiger partial charge in [-0.15, -0.1) is 0 Å². The van der Waals surface area contributed by atoms with Gasteiger partial charge in [0.15, 0.2) is 0 Å². The van der Waals surface area contributed by atoms with Crippen LogP contribution in [0.2, 0.25) is 5.15 Å². The van der Waals surface area contributed by atoms with Crippen molar-refractivity contribution in [1.29, 1.82) is 0 Å². The van der Waals surface area contributed by atoms with Crippen LogP contribution < -0.4 is 5.73 Å². The van der Waals surface area contributed by atoms with Crippen LogP contribution in [0.4, 0.5) is 0 Å². The average molecular weight is 292 g/mol. The minimum absolute atomic E-state index is 0.0443. The van der Waals surface area contributed by atoms with E-state index in [9.17, 15) is 0 Å². The number of hydrogen-bond acceptors (Lipinski definition) is 2. The lowest BCUT2D eigenvalue weighted by Gasteiger charge is -2.23. The van der Waals surface area contributed by atoms with E-state index in [1.165, 1.54) is 5.56 Å². The summed E-state index contributed by atoms with van der Waals surface area (Å²) in [5, 5.41) is 5.05. The number of hydrogen-bond donors (Lipinski definition) is 1. The molecule has 0 aliphatic carbocycles. The average Bonchev–Trinajstić information content (AvgIpc) is 2.67. The first-order valence-electron chi connectivity index (χ1n) is 7.03. The third kappa shape index (κ3) is 3.05. The minimum Gasteiger partial charge on any atom is -0.327 e. The molecule has 0 amide bonds. The van der Waals surface area contributed by atoms with Crippen LogP contribution >= 0.6 is 11.6 Å². The van der Waals surface area contributed by atoms with Crippen LogP contribution in [-0.4, -0.2) is 15.8 Å². The van der Waals surface area contributed by atoms with Gasteiger partial charge in [0, 0.05) is 18.7 Å². The second-order valence-electron chi connectivity index (χ2n) is 5.27. The summed E-state index contributed by atoms with van der Waals surface area (Å²) >= 11 is 6.30. The van der Waals surface area contributed by atoms with E-state index < -0.39 is 0 Å². The van der Waals surface area contributed by atoms with Gasteiger partial charge in [-0.25, -0.2) is 0 Å². The molecule has 20 heavy (non-hydrogen) atoms. The molecule has 0 aliphatic heterocycles. The van der Waals surface area contributed by atoms with Crippen molar-refractivity contribution in [3.05, 3.63) is 52.3 Å². The van der Waals surface area contributed by atoms with Gasteiger partial charge in [-0.1, -0.05) is 48.9 Å². The molecule has 3 nitrogen and oxygen atoms in total. The van der Waals surface area contributed by atoms with Crippen LogP contribution in [-0.2, 0) is 13.5 Å². The first-order valence-corrected chi connectivity index (χ1v) is 7.40. The fourth-order valence-corrected chi connectivity index (χ4v) is 3.02. The monoisotopic (exact) mass is 291 g/mol. The fourth-order valence-electron chi connectivity index (χ4n) is 2.77. The first kappa shape index (κ1) is 15.1. The fraction of sp³-hybridized carbons (Fsp3) is 0.438. The lowest BCUT2D eigenvalue weighted by atomic mass is 9.86. The van der Waals surface area contributed by atoms with E-state index in [2.05, 4.69) is 36.3 Å². The predicted octanol–water partition coefficient (Wildman–Crippen LogP) is 3.45. The van der Waals surface area contributed by atoms with Crippen molar-refractivity contribution in [3.8, 4) is 0 Å². The Kier molecular flexibility index (Phi) is 4.84. The molecular weight excluding hydrogens is 270 g/mol. The summed E-state index contributed by atoms with van der Waals surface area (Å²) in [7, 11) is 1.86. The number of rotatable bonds is 5. The third-order valence-corrected chi connectivity index (χ3v) is 4.37. The van der Waals surface area contributed by atoms with Crippen LogP contribution in [0.5, 0.6) is 0 Å². The van der Waals surface area contributed by atoms with Gasteiger partial charge in [-0.2, -0.15) is 5.10 Å². The summed E-state index contributed by atoms with van der Waals surface area (Å²) < 4.78 is 1.71. The molecule has 2 N–H and O–H groups in total. The summed E-state index contributed by atoms with van der Waals surface area (Å²) in [5.74, 6) is 0.340. The molecule has 1 aromatic heterocycles. The van der Waals surface area contributed by atoms with Gasteiger partial charge in [-0.3, -0.25) is 4.68 Å². The molecule has 108 valence electrons. The van der Waals surface area contributed by atoms with Crippen LogP contribution in [0.15, 0.2) is 30.3 Å². The van der Waals surface area contributed by atoms with Gasteiger partial charge in [0.2, 0.25) is 0 Å². The molecule has 0 saturated carbocycles. The van der Waals surface area contributed by atoms with Gasteiger partial charge in [-0.05, 0) is 31.2 Å². The highest BCUT2D eigenvalue weighted by Gasteiger charge is 2.22. The van der Waals surface area contributed by atoms with Gasteiger partial charge in [0.25, 0.3) is 0 Å². The maximum atomic E-state index is 6.44. The first-order chi connectivity index (χ1) is 9.54. The summed E-state index contributed by atoms with van der Waals surface area (Å²) in [5.41, 5.74) is 9.77. The van der Waals surface area contributed by atoms with Crippen LogP contribution in [0.1, 0.15) is 36.1 Å². The number of halogens is 1. The van der Waals surface area contributed by atoms with Gasteiger partial charge in [0.1, 0.15) is 5.15 Å². The maximum Gasteiger partial charge on any atom is 0.130 e. The summed E-state index contributed by atoms with van der Waals surface area (Å²) in [4.78, 5) is 0. The number of aryl methyl sites for hydroxylation is 2. The number of benzene rings is 1. The molecule has 0 spiro atoms. The van der Waals surface area contributed by atoms with E-state index in [-0.39, 0.29) is 6.04 Å². The summed E-state index contributed by atoms with van der Waals surface area (Å²) in [6.07, 6.45) is 1.77. The SMILES string of the molecule is CCC(c1ccccc1)C(N)Cc1c(C)nn(C)c1Cl. The van der Waals surface area contributed by atoms with E-state index in [0.717, 1.165) is 24.1 Å². The molecule has 1 heterocycles. The van der Waals surface area contributed by atoms with Gasteiger partial charge < -0.3 is 5.73 Å². The van der Waals surface area contributed by atoms with Crippen molar-refractivity contribution in [2.45, 2.75) is 38.6 Å². The van der Waals surface area contributed by atoms with E-state index in [0.29, 0.717) is 11.1 Å². The lowest BCUT2D eigenvalue weighted by Crippen LogP contribution is -2.30. The number of nitrogens with zero attached hydrogens (tertiary/aromatic N) is 2.